The Hall–Kier alpha value is -0.530. The number of halogens is 1. The van der Waals surface area contributed by atoms with Crippen molar-refractivity contribution >= 4 is 11.6 Å². The van der Waals surface area contributed by atoms with Crippen LogP contribution in [-0.2, 0) is 6.42 Å². The van der Waals surface area contributed by atoms with Crippen molar-refractivity contribution in [2.24, 2.45) is 5.73 Å². The van der Waals surface area contributed by atoms with Crippen LogP contribution in [0.25, 0.3) is 0 Å². The first kappa shape index (κ1) is 9.04. The van der Waals surface area contributed by atoms with Gasteiger partial charge < -0.3 is 5.73 Å². The van der Waals surface area contributed by atoms with Crippen LogP contribution in [0.4, 0.5) is 0 Å². The fourth-order valence-corrected chi connectivity index (χ4v) is 2.16. The molecule has 2 N–H and O–H groups in total. The highest BCUT2D eigenvalue weighted by atomic mass is 35.5. The van der Waals surface area contributed by atoms with Gasteiger partial charge in [0.2, 0.25) is 0 Å². The van der Waals surface area contributed by atoms with Gasteiger partial charge in [-0.3, -0.25) is 0 Å². The lowest BCUT2D eigenvalue weighted by Gasteiger charge is -2.23. The normalized spacial score (nSPS) is 21.3. The summed E-state index contributed by atoms with van der Waals surface area (Å²) >= 11 is 6.05. The van der Waals surface area contributed by atoms with Crippen LogP contribution in [0.1, 0.15) is 35.6 Å². The van der Waals surface area contributed by atoms with Crippen molar-refractivity contribution < 1.29 is 0 Å². The Bertz CT molecular complexity index is 333. The maximum absolute atomic E-state index is 6.05. The van der Waals surface area contributed by atoms with Crippen LogP contribution in [-0.4, -0.2) is 0 Å². The molecule has 0 saturated heterocycles. The minimum atomic E-state index is 0.222. The molecule has 2 heteroatoms. The lowest BCUT2D eigenvalue weighted by atomic mass is 9.87. The molecule has 0 heterocycles. The number of fused-ring (bicyclic) bond motifs is 1. The summed E-state index contributed by atoms with van der Waals surface area (Å²) in [6, 6.07) is 4.44. The second-order valence-electron chi connectivity index (χ2n) is 3.80. The molecular formula is C11H14ClN. The molecule has 0 bridgehead atoms. The molecule has 0 amide bonds. The SMILES string of the molecule is Cc1cc2c(cc1Cl)CCCC2N. The molecule has 13 heavy (non-hydrogen) atoms. The molecule has 1 atom stereocenters. The summed E-state index contributed by atoms with van der Waals surface area (Å²) in [4.78, 5) is 0. The van der Waals surface area contributed by atoms with E-state index in [0.717, 1.165) is 23.4 Å². The number of hydrogen-bond acceptors (Lipinski definition) is 1. The standard InChI is InChI=1S/C11H14ClN/c1-7-5-9-8(6-10(7)12)3-2-4-11(9)13/h5-6,11H,2-4,13H2,1H3. The van der Waals surface area contributed by atoms with E-state index in [2.05, 4.69) is 12.1 Å². The van der Waals surface area contributed by atoms with E-state index in [4.69, 9.17) is 17.3 Å². The Balaban J connectivity index is 2.52. The second-order valence-corrected chi connectivity index (χ2v) is 4.21. The molecule has 2 rings (SSSR count). The number of rotatable bonds is 0. The van der Waals surface area contributed by atoms with Gasteiger partial charge in [-0.15, -0.1) is 0 Å². The first-order chi connectivity index (χ1) is 6.18. The zero-order valence-electron chi connectivity index (χ0n) is 7.81. The van der Waals surface area contributed by atoms with E-state index >= 15 is 0 Å². The molecule has 1 aliphatic carbocycles. The van der Waals surface area contributed by atoms with Gasteiger partial charge in [0, 0.05) is 11.1 Å². The summed E-state index contributed by atoms with van der Waals surface area (Å²) in [5.74, 6) is 0. The van der Waals surface area contributed by atoms with Crippen LogP contribution in [0.5, 0.6) is 0 Å². The van der Waals surface area contributed by atoms with Crippen molar-refractivity contribution in [3.63, 3.8) is 0 Å². The predicted octanol–water partition coefficient (Wildman–Crippen LogP) is 2.98. The molecule has 1 aromatic rings. The van der Waals surface area contributed by atoms with E-state index < -0.39 is 0 Å². The van der Waals surface area contributed by atoms with E-state index in [1.807, 2.05) is 6.92 Å². The molecule has 70 valence electrons. The molecule has 1 nitrogen and oxygen atoms in total. The van der Waals surface area contributed by atoms with Crippen molar-refractivity contribution in [3.05, 3.63) is 33.8 Å². The van der Waals surface area contributed by atoms with Crippen LogP contribution in [0.3, 0.4) is 0 Å². The Labute approximate surface area is 83.9 Å². The van der Waals surface area contributed by atoms with Gasteiger partial charge in [0.05, 0.1) is 0 Å². The molecule has 1 aliphatic rings. The second kappa shape index (κ2) is 3.32. The van der Waals surface area contributed by atoms with Crippen molar-refractivity contribution in [1.29, 1.82) is 0 Å². The summed E-state index contributed by atoms with van der Waals surface area (Å²) in [6.07, 6.45) is 3.42. The summed E-state index contributed by atoms with van der Waals surface area (Å²) in [5, 5.41) is 0.868. The van der Waals surface area contributed by atoms with Crippen molar-refractivity contribution in [3.8, 4) is 0 Å². The quantitative estimate of drug-likeness (QED) is 0.677. The summed E-state index contributed by atoms with van der Waals surface area (Å²) < 4.78 is 0. The number of nitrogens with two attached hydrogens (primary N) is 1. The van der Waals surface area contributed by atoms with Gasteiger partial charge in [-0.25, -0.2) is 0 Å². The summed E-state index contributed by atoms with van der Waals surface area (Å²) in [6.45, 7) is 2.03. The number of aryl methyl sites for hydroxylation is 2. The molecule has 1 aromatic carbocycles. The van der Waals surface area contributed by atoms with Gasteiger partial charge in [-0.05, 0) is 48.9 Å². The van der Waals surface area contributed by atoms with Crippen LogP contribution >= 0.6 is 11.6 Å². The first-order valence-corrected chi connectivity index (χ1v) is 5.11. The fraction of sp³-hybridized carbons (Fsp3) is 0.455. The summed E-state index contributed by atoms with van der Waals surface area (Å²) in [7, 11) is 0. The highest BCUT2D eigenvalue weighted by Crippen LogP contribution is 2.31. The first-order valence-electron chi connectivity index (χ1n) is 4.73. The minimum absolute atomic E-state index is 0.222. The lowest BCUT2D eigenvalue weighted by Crippen LogP contribution is -2.17. The number of hydrogen-bond donors (Lipinski definition) is 1. The smallest absolute Gasteiger partial charge is 0.0438 e. The largest absolute Gasteiger partial charge is 0.324 e. The van der Waals surface area contributed by atoms with Crippen LogP contribution in [0.15, 0.2) is 12.1 Å². The Morgan fingerprint density at radius 3 is 3.00 bits per heavy atom. The predicted molar refractivity (Wildman–Crippen MR) is 56.1 cm³/mol. The van der Waals surface area contributed by atoms with Crippen molar-refractivity contribution in [2.75, 3.05) is 0 Å². The molecule has 0 radical (unpaired) electrons. The van der Waals surface area contributed by atoms with Crippen LogP contribution in [0.2, 0.25) is 5.02 Å². The van der Waals surface area contributed by atoms with Crippen LogP contribution < -0.4 is 5.73 Å². The van der Waals surface area contributed by atoms with E-state index in [-0.39, 0.29) is 6.04 Å². The average Bonchev–Trinajstić information content (AvgIpc) is 2.09. The van der Waals surface area contributed by atoms with Gasteiger partial charge >= 0.3 is 0 Å². The van der Waals surface area contributed by atoms with E-state index in [0.29, 0.717) is 0 Å². The van der Waals surface area contributed by atoms with E-state index in [1.54, 1.807) is 0 Å². The third-order valence-corrected chi connectivity index (χ3v) is 3.19. The third kappa shape index (κ3) is 1.59. The highest BCUT2D eigenvalue weighted by molar-refractivity contribution is 6.31. The molecule has 1 unspecified atom stereocenters. The zero-order valence-corrected chi connectivity index (χ0v) is 8.56. The Kier molecular flexibility index (Phi) is 2.31. The molecule has 0 aromatic heterocycles. The third-order valence-electron chi connectivity index (χ3n) is 2.78. The minimum Gasteiger partial charge on any atom is -0.324 e. The number of benzene rings is 1. The lowest BCUT2D eigenvalue weighted by molar-refractivity contribution is 0.570. The fourth-order valence-electron chi connectivity index (χ4n) is 1.97. The van der Waals surface area contributed by atoms with Crippen molar-refractivity contribution in [2.45, 2.75) is 32.2 Å². The highest BCUT2D eigenvalue weighted by Gasteiger charge is 2.17. The van der Waals surface area contributed by atoms with E-state index in [1.165, 1.54) is 17.5 Å². The molecule has 0 aliphatic heterocycles. The van der Waals surface area contributed by atoms with Crippen molar-refractivity contribution in [1.82, 2.24) is 0 Å². The molecule has 0 fully saturated rings. The monoisotopic (exact) mass is 195 g/mol. The topological polar surface area (TPSA) is 26.0 Å². The Morgan fingerprint density at radius 2 is 2.23 bits per heavy atom. The van der Waals surface area contributed by atoms with Gasteiger partial charge in [-0.1, -0.05) is 17.7 Å². The van der Waals surface area contributed by atoms with Gasteiger partial charge in [-0.2, -0.15) is 0 Å². The van der Waals surface area contributed by atoms with Gasteiger partial charge in [0.1, 0.15) is 0 Å². The van der Waals surface area contributed by atoms with Crippen LogP contribution in [0, 0.1) is 6.92 Å². The van der Waals surface area contributed by atoms with Gasteiger partial charge in [0.15, 0.2) is 0 Å². The maximum Gasteiger partial charge on any atom is 0.0438 e. The molecule has 0 spiro atoms. The molecule has 0 saturated carbocycles. The Morgan fingerprint density at radius 1 is 1.46 bits per heavy atom. The van der Waals surface area contributed by atoms with E-state index in [9.17, 15) is 0 Å². The maximum atomic E-state index is 6.05. The summed E-state index contributed by atoms with van der Waals surface area (Å²) in [5.41, 5.74) is 9.80. The zero-order chi connectivity index (χ0) is 9.42. The molecular weight excluding hydrogens is 182 g/mol. The van der Waals surface area contributed by atoms with Gasteiger partial charge in [0.25, 0.3) is 0 Å². The average molecular weight is 196 g/mol.